The SMILES string of the molecule is Cc1nn(-c2cccc(Cl)c2)c2sc(C(=O)O[C@@H](C)C#N)cc12. The quantitative estimate of drug-likeness (QED) is 0.670. The highest BCUT2D eigenvalue weighted by atomic mass is 35.5. The third-order valence-corrected chi connectivity index (χ3v) is 4.59. The second-order valence-electron chi connectivity index (χ2n) is 4.98. The Hall–Kier alpha value is -2.36. The number of nitrogens with zero attached hydrogens (tertiary/aromatic N) is 3. The van der Waals surface area contributed by atoms with Gasteiger partial charge in [-0.15, -0.1) is 11.3 Å². The number of aryl methyl sites for hydroxylation is 1. The fraction of sp³-hybridized carbons (Fsp3) is 0.188. The second-order valence-corrected chi connectivity index (χ2v) is 6.45. The van der Waals surface area contributed by atoms with E-state index >= 15 is 0 Å². The van der Waals surface area contributed by atoms with E-state index in [-0.39, 0.29) is 0 Å². The zero-order valence-electron chi connectivity index (χ0n) is 12.4. The summed E-state index contributed by atoms with van der Waals surface area (Å²) in [6.07, 6.45) is -0.779. The fourth-order valence-corrected chi connectivity index (χ4v) is 3.43. The van der Waals surface area contributed by atoms with Gasteiger partial charge in [0.15, 0.2) is 6.10 Å². The molecule has 0 aliphatic carbocycles. The summed E-state index contributed by atoms with van der Waals surface area (Å²) in [5, 5.41) is 14.7. The first kappa shape index (κ1) is 15.5. The number of hydrogen-bond acceptors (Lipinski definition) is 5. The average Bonchev–Trinajstić information content (AvgIpc) is 3.08. The highest BCUT2D eigenvalue weighted by Gasteiger charge is 2.19. The van der Waals surface area contributed by atoms with Crippen LogP contribution in [0.5, 0.6) is 0 Å². The molecule has 0 radical (unpaired) electrons. The van der Waals surface area contributed by atoms with Crippen molar-refractivity contribution in [3.05, 3.63) is 45.9 Å². The fourth-order valence-electron chi connectivity index (χ4n) is 2.18. The number of fused-ring (bicyclic) bond motifs is 1. The Bertz CT molecular complexity index is 939. The summed E-state index contributed by atoms with van der Waals surface area (Å²) in [6.45, 7) is 3.41. The number of hydrogen-bond donors (Lipinski definition) is 0. The van der Waals surface area contributed by atoms with E-state index in [1.165, 1.54) is 18.3 Å². The van der Waals surface area contributed by atoms with Crippen molar-refractivity contribution in [2.24, 2.45) is 0 Å². The normalized spacial score (nSPS) is 12.1. The maximum absolute atomic E-state index is 12.1. The van der Waals surface area contributed by atoms with Gasteiger partial charge in [-0.05, 0) is 38.1 Å². The first-order valence-electron chi connectivity index (χ1n) is 6.85. The molecule has 3 rings (SSSR count). The van der Waals surface area contributed by atoms with Crippen molar-refractivity contribution in [3.63, 3.8) is 0 Å². The number of carbonyl (C=O) groups excluding carboxylic acids is 1. The van der Waals surface area contributed by atoms with Gasteiger partial charge in [-0.25, -0.2) is 9.48 Å². The maximum atomic E-state index is 12.1. The molecule has 2 aromatic heterocycles. The largest absolute Gasteiger partial charge is 0.443 e. The smallest absolute Gasteiger partial charge is 0.349 e. The van der Waals surface area contributed by atoms with E-state index in [4.69, 9.17) is 21.6 Å². The van der Waals surface area contributed by atoms with Crippen LogP contribution < -0.4 is 0 Å². The van der Waals surface area contributed by atoms with E-state index < -0.39 is 12.1 Å². The average molecular weight is 346 g/mol. The molecule has 0 aliphatic rings. The van der Waals surface area contributed by atoms with Crippen LogP contribution in [0.15, 0.2) is 30.3 Å². The lowest BCUT2D eigenvalue weighted by molar-refractivity contribution is 0.0441. The van der Waals surface area contributed by atoms with Crippen molar-refractivity contribution in [2.75, 3.05) is 0 Å². The lowest BCUT2D eigenvalue weighted by atomic mass is 10.3. The molecule has 23 heavy (non-hydrogen) atoms. The summed E-state index contributed by atoms with van der Waals surface area (Å²) in [7, 11) is 0. The molecular formula is C16H12ClN3O2S. The van der Waals surface area contributed by atoms with Crippen molar-refractivity contribution in [1.29, 1.82) is 5.26 Å². The summed E-state index contributed by atoms with van der Waals surface area (Å²) >= 11 is 7.32. The highest BCUT2D eigenvalue weighted by molar-refractivity contribution is 7.20. The number of nitriles is 1. The molecule has 0 unspecified atom stereocenters. The van der Waals surface area contributed by atoms with Crippen LogP contribution in [0.1, 0.15) is 22.3 Å². The van der Waals surface area contributed by atoms with E-state index in [0.717, 1.165) is 21.6 Å². The van der Waals surface area contributed by atoms with Crippen molar-refractivity contribution in [1.82, 2.24) is 9.78 Å². The minimum atomic E-state index is -0.779. The number of thiophene rings is 1. The third-order valence-electron chi connectivity index (χ3n) is 3.26. The van der Waals surface area contributed by atoms with Crippen LogP contribution in [-0.2, 0) is 4.74 Å². The number of aromatic nitrogens is 2. The van der Waals surface area contributed by atoms with Gasteiger partial charge in [0, 0.05) is 10.4 Å². The van der Waals surface area contributed by atoms with Gasteiger partial charge < -0.3 is 4.74 Å². The molecule has 0 bridgehead atoms. The van der Waals surface area contributed by atoms with E-state index in [1.54, 1.807) is 16.8 Å². The molecule has 5 nitrogen and oxygen atoms in total. The standard InChI is InChI=1S/C16H12ClN3O2S/c1-9(8-18)22-16(21)14-7-13-10(2)19-20(15(13)23-14)12-5-3-4-11(17)6-12/h3-7,9H,1-2H3/t9-/m0/s1. The number of ether oxygens (including phenoxy) is 1. The lowest BCUT2D eigenvalue weighted by Gasteiger charge is -2.04. The third kappa shape index (κ3) is 2.93. The van der Waals surface area contributed by atoms with Gasteiger partial charge in [-0.2, -0.15) is 10.4 Å². The Balaban J connectivity index is 2.06. The topological polar surface area (TPSA) is 67.9 Å². The molecule has 7 heteroatoms. The van der Waals surface area contributed by atoms with Gasteiger partial charge in [-0.3, -0.25) is 0 Å². The van der Waals surface area contributed by atoms with Crippen LogP contribution in [0, 0.1) is 18.3 Å². The van der Waals surface area contributed by atoms with Crippen molar-refractivity contribution < 1.29 is 9.53 Å². The van der Waals surface area contributed by atoms with Gasteiger partial charge in [0.2, 0.25) is 0 Å². The molecular weight excluding hydrogens is 334 g/mol. The molecule has 0 fully saturated rings. The molecule has 0 spiro atoms. The molecule has 1 aromatic carbocycles. The number of carbonyl (C=O) groups is 1. The Morgan fingerprint density at radius 1 is 1.48 bits per heavy atom. The van der Waals surface area contributed by atoms with Crippen LogP contribution >= 0.6 is 22.9 Å². The molecule has 3 aromatic rings. The molecule has 0 saturated heterocycles. The molecule has 0 amide bonds. The van der Waals surface area contributed by atoms with E-state index in [9.17, 15) is 4.79 Å². The molecule has 1 atom stereocenters. The maximum Gasteiger partial charge on any atom is 0.349 e. The summed E-state index contributed by atoms with van der Waals surface area (Å²) in [5.74, 6) is -0.503. The van der Waals surface area contributed by atoms with Gasteiger partial charge >= 0.3 is 5.97 Å². The summed E-state index contributed by atoms with van der Waals surface area (Å²) in [5.41, 5.74) is 1.63. The Morgan fingerprint density at radius 2 is 2.26 bits per heavy atom. The zero-order chi connectivity index (χ0) is 16.6. The van der Waals surface area contributed by atoms with E-state index in [0.29, 0.717) is 9.90 Å². The molecule has 116 valence electrons. The Morgan fingerprint density at radius 3 is 2.96 bits per heavy atom. The van der Waals surface area contributed by atoms with E-state index in [2.05, 4.69) is 5.10 Å². The first-order valence-corrected chi connectivity index (χ1v) is 8.04. The van der Waals surface area contributed by atoms with Crippen LogP contribution in [0.4, 0.5) is 0 Å². The van der Waals surface area contributed by atoms with Crippen molar-refractivity contribution in [2.45, 2.75) is 20.0 Å². The van der Waals surface area contributed by atoms with Crippen molar-refractivity contribution in [3.8, 4) is 11.8 Å². The van der Waals surface area contributed by atoms with Crippen molar-refractivity contribution >= 4 is 39.1 Å². The minimum Gasteiger partial charge on any atom is -0.443 e. The Kier molecular flexibility index (Phi) is 4.07. The zero-order valence-corrected chi connectivity index (χ0v) is 14.0. The predicted molar refractivity (Wildman–Crippen MR) is 89.2 cm³/mol. The molecule has 2 heterocycles. The Labute approximate surface area is 141 Å². The molecule has 0 N–H and O–H groups in total. The highest BCUT2D eigenvalue weighted by Crippen LogP contribution is 2.31. The van der Waals surface area contributed by atoms with Gasteiger partial charge in [-0.1, -0.05) is 17.7 Å². The monoisotopic (exact) mass is 345 g/mol. The predicted octanol–water partition coefficient (Wildman–Crippen LogP) is 4.12. The van der Waals surface area contributed by atoms with Crippen LogP contribution in [-0.4, -0.2) is 21.9 Å². The lowest BCUT2D eigenvalue weighted by Crippen LogP contribution is -2.11. The van der Waals surface area contributed by atoms with Gasteiger partial charge in [0.25, 0.3) is 0 Å². The van der Waals surface area contributed by atoms with Crippen LogP contribution in [0.25, 0.3) is 15.9 Å². The first-order chi connectivity index (χ1) is 11.0. The summed E-state index contributed by atoms with van der Waals surface area (Å²) in [4.78, 5) is 13.4. The summed E-state index contributed by atoms with van der Waals surface area (Å²) < 4.78 is 6.80. The number of halogens is 1. The van der Waals surface area contributed by atoms with Gasteiger partial charge in [0.05, 0.1) is 11.4 Å². The number of benzene rings is 1. The van der Waals surface area contributed by atoms with Crippen LogP contribution in [0.2, 0.25) is 5.02 Å². The minimum absolute atomic E-state index is 0.443. The number of rotatable bonds is 3. The van der Waals surface area contributed by atoms with Crippen LogP contribution in [0.3, 0.4) is 0 Å². The second kappa shape index (κ2) is 6.03. The van der Waals surface area contributed by atoms with Gasteiger partial charge in [0.1, 0.15) is 15.8 Å². The molecule has 0 aliphatic heterocycles. The van der Waals surface area contributed by atoms with E-state index in [1.807, 2.05) is 31.2 Å². The summed E-state index contributed by atoms with van der Waals surface area (Å²) in [6, 6.07) is 11.0. The number of esters is 1. The molecule has 0 saturated carbocycles.